The Bertz CT molecular complexity index is 723. The molecule has 0 radical (unpaired) electrons. The summed E-state index contributed by atoms with van der Waals surface area (Å²) in [6, 6.07) is 4.44. The molecule has 2 aromatic rings. The molecule has 0 aliphatic rings. The van der Waals surface area contributed by atoms with Crippen molar-refractivity contribution in [1.82, 2.24) is 9.88 Å². The van der Waals surface area contributed by atoms with Crippen LogP contribution in [0.5, 0.6) is 0 Å². The van der Waals surface area contributed by atoms with E-state index in [4.69, 9.17) is 4.98 Å². The van der Waals surface area contributed by atoms with Crippen molar-refractivity contribution >= 4 is 23.4 Å². The second-order valence-corrected chi connectivity index (χ2v) is 8.38. The van der Waals surface area contributed by atoms with Crippen molar-refractivity contribution in [3.63, 3.8) is 0 Å². The molecule has 0 amide bonds. The largest absolute Gasteiger partial charge is 0.366 e. The molecule has 0 bridgehead atoms. The number of nitrogens with zero attached hydrogens (tertiary/aromatic N) is 3. The second-order valence-electron chi connectivity index (χ2n) is 7.44. The van der Waals surface area contributed by atoms with E-state index in [-0.39, 0.29) is 5.41 Å². The van der Waals surface area contributed by atoms with Crippen molar-refractivity contribution in [2.45, 2.75) is 53.4 Å². The predicted molar refractivity (Wildman–Crippen MR) is 106 cm³/mol. The van der Waals surface area contributed by atoms with Gasteiger partial charge in [-0.1, -0.05) is 26.8 Å². The van der Waals surface area contributed by atoms with Crippen LogP contribution in [0.25, 0.3) is 0 Å². The Morgan fingerprint density at radius 1 is 1.21 bits per heavy atom. The van der Waals surface area contributed by atoms with Crippen molar-refractivity contribution in [2.24, 2.45) is 4.99 Å². The Labute approximate surface area is 150 Å². The van der Waals surface area contributed by atoms with Crippen LogP contribution >= 0.6 is 11.3 Å². The molecule has 0 N–H and O–H groups in total. The van der Waals surface area contributed by atoms with Crippen molar-refractivity contribution in [3.05, 3.63) is 44.9 Å². The first-order chi connectivity index (χ1) is 11.2. The van der Waals surface area contributed by atoms with Gasteiger partial charge in [0.05, 0.1) is 22.7 Å². The van der Waals surface area contributed by atoms with Gasteiger partial charge in [-0.05, 0) is 43.5 Å². The number of aryl methyl sites for hydroxylation is 2. The van der Waals surface area contributed by atoms with Gasteiger partial charge in [-0.3, -0.25) is 0 Å². The van der Waals surface area contributed by atoms with Gasteiger partial charge >= 0.3 is 0 Å². The Morgan fingerprint density at radius 2 is 1.92 bits per heavy atom. The summed E-state index contributed by atoms with van der Waals surface area (Å²) >= 11 is 1.76. The second kappa shape index (κ2) is 7.47. The van der Waals surface area contributed by atoms with Crippen molar-refractivity contribution < 1.29 is 0 Å². The number of aromatic nitrogens is 1. The maximum atomic E-state index is 4.82. The third-order valence-corrected chi connectivity index (χ3v) is 5.06. The molecule has 1 aromatic heterocycles. The Hall–Kier alpha value is -1.68. The molecule has 0 saturated carbocycles. The molecule has 0 atom stereocenters. The van der Waals surface area contributed by atoms with E-state index < -0.39 is 0 Å². The van der Waals surface area contributed by atoms with Crippen molar-refractivity contribution in [3.8, 4) is 0 Å². The molecule has 0 fully saturated rings. The van der Waals surface area contributed by atoms with E-state index in [1.54, 1.807) is 11.3 Å². The number of hydrogen-bond acceptors (Lipinski definition) is 3. The number of benzene rings is 1. The summed E-state index contributed by atoms with van der Waals surface area (Å²) < 4.78 is 0. The SMILES string of the molecule is CCN(C)/C=N/c1cc(C)c(Cc2nc(C(C)(C)C)cs2)cc1C. The third-order valence-electron chi connectivity index (χ3n) is 4.21. The summed E-state index contributed by atoms with van der Waals surface area (Å²) in [4.78, 5) is 11.5. The van der Waals surface area contributed by atoms with Crippen LogP contribution in [0.15, 0.2) is 22.5 Å². The molecule has 0 saturated heterocycles. The van der Waals surface area contributed by atoms with Gasteiger partial charge in [0.25, 0.3) is 0 Å². The number of rotatable bonds is 5. The number of thiazole rings is 1. The van der Waals surface area contributed by atoms with Crippen molar-refractivity contribution in [1.29, 1.82) is 0 Å². The van der Waals surface area contributed by atoms with Crippen LogP contribution in [0.4, 0.5) is 5.69 Å². The lowest BCUT2D eigenvalue weighted by Gasteiger charge is -2.14. The number of hydrogen-bond donors (Lipinski definition) is 0. The van der Waals surface area contributed by atoms with Crippen molar-refractivity contribution in [2.75, 3.05) is 13.6 Å². The van der Waals surface area contributed by atoms with E-state index in [9.17, 15) is 0 Å². The first-order valence-corrected chi connectivity index (χ1v) is 9.38. The van der Waals surface area contributed by atoms with E-state index in [0.717, 1.165) is 18.7 Å². The lowest BCUT2D eigenvalue weighted by molar-refractivity contribution is 0.552. The monoisotopic (exact) mass is 343 g/mol. The van der Waals surface area contributed by atoms with Gasteiger partial charge in [0.15, 0.2) is 0 Å². The van der Waals surface area contributed by atoms with E-state index in [1.807, 2.05) is 13.4 Å². The lowest BCUT2D eigenvalue weighted by Crippen LogP contribution is -2.14. The minimum Gasteiger partial charge on any atom is -0.366 e. The van der Waals surface area contributed by atoms with E-state index in [1.165, 1.54) is 27.4 Å². The molecule has 0 aliphatic heterocycles. The fourth-order valence-corrected chi connectivity index (χ4v) is 3.38. The molecule has 24 heavy (non-hydrogen) atoms. The quantitative estimate of drug-likeness (QED) is 0.547. The van der Waals surface area contributed by atoms with E-state index in [0.29, 0.717) is 0 Å². The Morgan fingerprint density at radius 3 is 2.50 bits per heavy atom. The van der Waals surface area contributed by atoms with E-state index >= 15 is 0 Å². The summed E-state index contributed by atoms with van der Waals surface area (Å²) in [6.07, 6.45) is 2.80. The summed E-state index contributed by atoms with van der Waals surface area (Å²) in [5.74, 6) is 0. The highest BCUT2D eigenvalue weighted by Gasteiger charge is 2.17. The van der Waals surface area contributed by atoms with E-state index in [2.05, 4.69) is 68.9 Å². The zero-order chi connectivity index (χ0) is 17.9. The van der Waals surface area contributed by atoms with Gasteiger partial charge in [-0.15, -0.1) is 11.3 Å². The number of aliphatic imine (C=N–C) groups is 1. The highest BCUT2D eigenvalue weighted by molar-refractivity contribution is 7.09. The maximum absolute atomic E-state index is 4.82. The normalized spacial score (nSPS) is 12.1. The summed E-state index contributed by atoms with van der Waals surface area (Å²) in [7, 11) is 2.04. The maximum Gasteiger partial charge on any atom is 0.0972 e. The predicted octanol–water partition coefficient (Wildman–Crippen LogP) is 5.26. The Kier molecular flexibility index (Phi) is 5.81. The molecule has 0 spiro atoms. The summed E-state index contributed by atoms with van der Waals surface area (Å²) in [5, 5.41) is 3.38. The van der Waals surface area contributed by atoms with Crippen LogP contribution in [0.3, 0.4) is 0 Å². The molecule has 1 heterocycles. The molecule has 1 aromatic carbocycles. The summed E-state index contributed by atoms with van der Waals surface area (Å²) in [6.45, 7) is 14.0. The van der Waals surface area contributed by atoms with Gasteiger partial charge < -0.3 is 4.90 Å². The minimum atomic E-state index is 0.115. The van der Waals surface area contributed by atoms with Gasteiger partial charge in [-0.25, -0.2) is 9.98 Å². The zero-order valence-corrected chi connectivity index (χ0v) is 16.8. The molecule has 130 valence electrons. The molecule has 0 aliphatic carbocycles. The molecule has 3 nitrogen and oxygen atoms in total. The van der Waals surface area contributed by atoms with Crippen LogP contribution in [0, 0.1) is 13.8 Å². The van der Waals surface area contributed by atoms with Gasteiger partial charge in [0.1, 0.15) is 0 Å². The fraction of sp³-hybridized carbons (Fsp3) is 0.500. The van der Waals surface area contributed by atoms with Gasteiger partial charge in [-0.2, -0.15) is 0 Å². The average Bonchev–Trinajstić information content (AvgIpc) is 2.97. The topological polar surface area (TPSA) is 28.5 Å². The zero-order valence-electron chi connectivity index (χ0n) is 16.0. The standard InChI is InChI=1S/C20H29N3S/c1-8-23(7)13-21-17-10-14(2)16(9-15(17)3)11-19-22-18(12-24-19)20(4,5)6/h9-10,12-13H,8,11H2,1-7H3/b21-13+. The third kappa shape index (κ3) is 4.67. The highest BCUT2D eigenvalue weighted by Crippen LogP contribution is 2.28. The lowest BCUT2D eigenvalue weighted by atomic mass is 9.93. The molecule has 2 rings (SSSR count). The smallest absolute Gasteiger partial charge is 0.0972 e. The average molecular weight is 344 g/mol. The molecular formula is C20H29N3S. The minimum absolute atomic E-state index is 0.115. The highest BCUT2D eigenvalue weighted by atomic mass is 32.1. The molecule has 0 unspecified atom stereocenters. The van der Waals surface area contributed by atoms with Crippen LogP contribution in [-0.4, -0.2) is 29.8 Å². The first kappa shape index (κ1) is 18.7. The van der Waals surface area contributed by atoms with Gasteiger partial charge in [0.2, 0.25) is 0 Å². The Balaban J connectivity index is 2.22. The van der Waals surface area contributed by atoms with Crippen LogP contribution in [0.1, 0.15) is 55.1 Å². The van der Waals surface area contributed by atoms with Crippen LogP contribution < -0.4 is 0 Å². The first-order valence-electron chi connectivity index (χ1n) is 8.50. The van der Waals surface area contributed by atoms with Crippen LogP contribution in [0.2, 0.25) is 0 Å². The van der Waals surface area contributed by atoms with Gasteiger partial charge in [0, 0.05) is 30.8 Å². The van der Waals surface area contributed by atoms with Crippen LogP contribution in [-0.2, 0) is 11.8 Å². The molecular weight excluding hydrogens is 314 g/mol. The molecule has 4 heteroatoms. The summed E-state index contributed by atoms with van der Waals surface area (Å²) in [5.41, 5.74) is 6.17. The fourth-order valence-electron chi connectivity index (χ4n) is 2.33.